The first-order valence-corrected chi connectivity index (χ1v) is 10.5. The van der Waals surface area contributed by atoms with Gasteiger partial charge >= 0.3 is 0 Å². The lowest BCUT2D eigenvalue weighted by atomic mass is 9.83. The molecule has 4 rings (SSSR count). The van der Waals surface area contributed by atoms with E-state index in [4.69, 9.17) is 4.74 Å². The molecule has 4 heteroatoms. The first-order valence-electron chi connectivity index (χ1n) is 10.5. The highest BCUT2D eigenvalue weighted by Gasteiger charge is 2.28. The third-order valence-corrected chi connectivity index (χ3v) is 6.32. The number of nitrogens with zero attached hydrogens (tertiary/aromatic N) is 1. The third-order valence-electron chi connectivity index (χ3n) is 6.32. The minimum absolute atomic E-state index is 0.180. The van der Waals surface area contributed by atoms with E-state index in [0.29, 0.717) is 18.4 Å². The lowest BCUT2D eigenvalue weighted by Crippen LogP contribution is -2.47. The van der Waals surface area contributed by atoms with Gasteiger partial charge in [0, 0.05) is 19.0 Å². The van der Waals surface area contributed by atoms with Crippen LogP contribution in [0, 0.1) is 5.92 Å². The highest BCUT2D eigenvalue weighted by molar-refractivity contribution is 5.79. The number of benzene rings is 1. The van der Waals surface area contributed by atoms with Gasteiger partial charge in [-0.05, 0) is 61.9 Å². The summed E-state index contributed by atoms with van der Waals surface area (Å²) in [5.74, 6) is 1.79. The lowest BCUT2D eigenvalue weighted by Gasteiger charge is -2.37. The maximum Gasteiger partial charge on any atom is 0.224 e. The molecule has 2 aliphatic heterocycles. The van der Waals surface area contributed by atoms with Crippen molar-refractivity contribution < 1.29 is 9.53 Å². The maximum atomic E-state index is 12.7. The first kappa shape index (κ1) is 17.8. The molecule has 0 spiro atoms. The summed E-state index contributed by atoms with van der Waals surface area (Å²) in [5, 5.41) is 3.38. The van der Waals surface area contributed by atoms with Gasteiger partial charge in [-0.25, -0.2) is 0 Å². The van der Waals surface area contributed by atoms with E-state index in [1.807, 2.05) is 12.1 Å². The summed E-state index contributed by atoms with van der Waals surface area (Å²) < 4.78 is 5.56. The van der Waals surface area contributed by atoms with E-state index >= 15 is 0 Å². The predicted octanol–water partition coefficient (Wildman–Crippen LogP) is 3.32. The topological polar surface area (TPSA) is 41.6 Å². The fraction of sp³-hybridized carbons (Fsp3) is 0.682. The van der Waals surface area contributed by atoms with E-state index in [9.17, 15) is 4.79 Å². The SMILES string of the molecule is O=C(Cc1ccc2c(c1)CCO2)N[C@@H]1CCCC[C@H]1CN1CCCCC1. The molecule has 1 aromatic rings. The van der Waals surface area contributed by atoms with Crippen molar-refractivity contribution in [3.8, 4) is 5.75 Å². The second kappa shape index (κ2) is 8.43. The largest absolute Gasteiger partial charge is 0.493 e. The van der Waals surface area contributed by atoms with Crippen LogP contribution < -0.4 is 10.1 Å². The second-order valence-electron chi connectivity index (χ2n) is 8.30. The molecule has 0 bridgehead atoms. The zero-order valence-corrected chi connectivity index (χ0v) is 15.8. The van der Waals surface area contributed by atoms with Gasteiger partial charge in [-0.15, -0.1) is 0 Å². The van der Waals surface area contributed by atoms with Gasteiger partial charge in [-0.1, -0.05) is 31.4 Å². The van der Waals surface area contributed by atoms with E-state index in [1.165, 1.54) is 63.7 Å². The average Bonchev–Trinajstić information content (AvgIpc) is 3.12. The molecule has 0 aromatic heterocycles. The molecule has 1 aromatic carbocycles. The number of carbonyl (C=O) groups is 1. The van der Waals surface area contributed by atoms with Crippen molar-refractivity contribution in [2.45, 2.75) is 63.8 Å². The summed E-state index contributed by atoms with van der Waals surface area (Å²) in [5.41, 5.74) is 2.35. The number of rotatable bonds is 5. The van der Waals surface area contributed by atoms with E-state index in [0.717, 1.165) is 30.8 Å². The number of amides is 1. The molecule has 26 heavy (non-hydrogen) atoms. The summed E-state index contributed by atoms with van der Waals surface area (Å²) in [7, 11) is 0. The van der Waals surface area contributed by atoms with Crippen LogP contribution in [-0.2, 0) is 17.6 Å². The molecule has 2 atom stereocenters. The Morgan fingerprint density at radius 3 is 2.85 bits per heavy atom. The van der Waals surface area contributed by atoms with Crippen LogP contribution in [0.1, 0.15) is 56.1 Å². The van der Waals surface area contributed by atoms with Crippen LogP contribution in [0.4, 0.5) is 0 Å². The fourth-order valence-electron chi connectivity index (χ4n) is 4.88. The lowest BCUT2D eigenvalue weighted by molar-refractivity contribution is -0.121. The van der Waals surface area contributed by atoms with Crippen molar-refractivity contribution in [3.63, 3.8) is 0 Å². The van der Waals surface area contributed by atoms with Gasteiger partial charge < -0.3 is 15.0 Å². The monoisotopic (exact) mass is 356 g/mol. The molecular weight excluding hydrogens is 324 g/mol. The van der Waals surface area contributed by atoms with Gasteiger partial charge in [0.2, 0.25) is 5.91 Å². The molecular formula is C22H32N2O2. The number of hydrogen-bond acceptors (Lipinski definition) is 3. The molecule has 2 heterocycles. The van der Waals surface area contributed by atoms with E-state index in [2.05, 4.69) is 16.3 Å². The fourth-order valence-corrected chi connectivity index (χ4v) is 4.88. The normalized spacial score (nSPS) is 26.2. The molecule has 1 amide bonds. The number of fused-ring (bicyclic) bond motifs is 1. The predicted molar refractivity (Wildman–Crippen MR) is 104 cm³/mol. The molecule has 1 N–H and O–H groups in total. The number of carbonyl (C=O) groups excluding carboxylic acids is 1. The van der Waals surface area contributed by atoms with Crippen molar-refractivity contribution in [1.29, 1.82) is 0 Å². The number of piperidine rings is 1. The Morgan fingerprint density at radius 1 is 1.12 bits per heavy atom. The molecule has 3 aliphatic rings. The van der Waals surface area contributed by atoms with Gasteiger partial charge in [0.25, 0.3) is 0 Å². The zero-order valence-electron chi connectivity index (χ0n) is 15.8. The van der Waals surface area contributed by atoms with Crippen LogP contribution >= 0.6 is 0 Å². The Hall–Kier alpha value is -1.55. The average molecular weight is 357 g/mol. The van der Waals surface area contributed by atoms with Crippen molar-refractivity contribution in [2.24, 2.45) is 5.92 Å². The van der Waals surface area contributed by atoms with Gasteiger partial charge in [0.1, 0.15) is 5.75 Å². The van der Waals surface area contributed by atoms with E-state index in [1.54, 1.807) is 0 Å². The Labute approximate surface area is 157 Å². The Bertz CT molecular complexity index is 625. The molecule has 2 fully saturated rings. The smallest absolute Gasteiger partial charge is 0.224 e. The summed E-state index contributed by atoms with van der Waals surface area (Å²) in [6.07, 6.45) is 10.5. The summed E-state index contributed by atoms with van der Waals surface area (Å²) in [4.78, 5) is 15.3. The third kappa shape index (κ3) is 4.40. The van der Waals surface area contributed by atoms with Crippen molar-refractivity contribution >= 4 is 5.91 Å². The standard InChI is InChI=1S/C22H32N2O2/c25-22(15-17-8-9-21-18(14-17)10-13-26-21)23-20-7-3-2-6-19(20)16-24-11-4-1-5-12-24/h8-9,14,19-20H,1-7,10-13,15-16H2,(H,23,25)/t19-,20+/m0/s1. The molecule has 1 saturated carbocycles. The summed E-state index contributed by atoms with van der Waals surface area (Å²) >= 11 is 0. The van der Waals surface area contributed by atoms with Gasteiger partial charge in [-0.3, -0.25) is 4.79 Å². The number of likely N-dealkylation sites (tertiary alicyclic amines) is 1. The number of nitrogens with one attached hydrogen (secondary N) is 1. The number of ether oxygens (including phenoxy) is 1. The van der Waals surface area contributed by atoms with Crippen LogP contribution in [-0.4, -0.2) is 43.1 Å². The van der Waals surface area contributed by atoms with Crippen molar-refractivity contribution in [2.75, 3.05) is 26.2 Å². The molecule has 1 aliphatic carbocycles. The minimum atomic E-state index is 0.180. The van der Waals surface area contributed by atoms with Crippen LogP contribution in [0.3, 0.4) is 0 Å². The summed E-state index contributed by atoms with van der Waals surface area (Å²) in [6, 6.07) is 6.56. The number of hydrogen-bond donors (Lipinski definition) is 1. The molecule has 1 saturated heterocycles. The van der Waals surface area contributed by atoms with Gasteiger partial charge in [0.15, 0.2) is 0 Å². The first-order chi connectivity index (χ1) is 12.8. The van der Waals surface area contributed by atoms with Crippen LogP contribution in [0.5, 0.6) is 5.75 Å². The van der Waals surface area contributed by atoms with Gasteiger partial charge in [-0.2, -0.15) is 0 Å². The highest BCUT2D eigenvalue weighted by atomic mass is 16.5. The zero-order chi connectivity index (χ0) is 17.8. The van der Waals surface area contributed by atoms with Crippen LogP contribution in [0.2, 0.25) is 0 Å². The van der Waals surface area contributed by atoms with Crippen molar-refractivity contribution in [1.82, 2.24) is 10.2 Å². The van der Waals surface area contributed by atoms with E-state index < -0.39 is 0 Å². The Balaban J connectivity index is 1.32. The van der Waals surface area contributed by atoms with Gasteiger partial charge in [0.05, 0.1) is 13.0 Å². The minimum Gasteiger partial charge on any atom is -0.493 e. The van der Waals surface area contributed by atoms with E-state index in [-0.39, 0.29) is 5.91 Å². The molecule has 0 unspecified atom stereocenters. The maximum absolute atomic E-state index is 12.7. The molecule has 4 nitrogen and oxygen atoms in total. The highest BCUT2D eigenvalue weighted by Crippen LogP contribution is 2.28. The second-order valence-corrected chi connectivity index (χ2v) is 8.30. The molecule has 142 valence electrons. The summed E-state index contributed by atoms with van der Waals surface area (Å²) in [6.45, 7) is 4.43. The Morgan fingerprint density at radius 2 is 1.96 bits per heavy atom. The Kier molecular flexibility index (Phi) is 5.78. The van der Waals surface area contributed by atoms with Crippen LogP contribution in [0.25, 0.3) is 0 Å². The quantitative estimate of drug-likeness (QED) is 0.880. The van der Waals surface area contributed by atoms with Crippen LogP contribution in [0.15, 0.2) is 18.2 Å². The van der Waals surface area contributed by atoms with Crippen molar-refractivity contribution in [3.05, 3.63) is 29.3 Å². The molecule has 0 radical (unpaired) electrons.